The van der Waals surface area contributed by atoms with Crippen molar-refractivity contribution in [3.63, 3.8) is 0 Å². The largest absolute Gasteiger partial charge is 0.339 e. The highest BCUT2D eigenvalue weighted by Gasteiger charge is 2.19. The van der Waals surface area contributed by atoms with E-state index in [4.69, 9.17) is 0 Å². The summed E-state index contributed by atoms with van der Waals surface area (Å²) in [6.07, 6.45) is 5.65. The van der Waals surface area contributed by atoms with Crippen LogP contribution in [0.5, 0.6) is 0 Å². The van der Waals surface area contributed by atoms with Crippen molar-refractivity contribution < 1.29 is 4.79 Å². The second-order valence-electron chi connectivity index (χ2n) is 9.06. The Balaban J connectivity index is 1.73. The van der Waals surface area contributed by atoms with E-state index in [0.717, 1.165) is 57.1 Å². The van der Waals surface area contributed by atoms with Gasteiger partial charge in [-0.15, -0.1) is 0 Å². The summed E-state index contributed by atoms with van der Waals surface area (Å²) in [4.78, 5) is 25.3. The summed E-state index contributed by atoms with van der Waals surface area (Å²) in [7, 11) is 0. The van der Waals surface area contributed by atoms with Crippen molar-refractivity contribution in [2.45, 2.75) is 56.6 Å². The molecule has 0 unspecified atom stereocenters. The van der Waals surface area contributed by atoms with Gasteiger partial charge in [-0.1, -0.05) is 62.9 Å². The van der Waals surface area contributed by atoms with Gasteiger partial charge in [0.15, 0.2) is 5.13 Å². The van der Waals surface area contributed by atoms with Crippen molar-refractivity contribution in [3.8, 4) is 0 Å². The lowest BCUT2D eigenvalue weighted by molar-refractivity contribution is 0.0740. The summed E-state index contributed by atoms with van der Waals surface area (Å²) in [6.45, 7) is 12.5. The number of amides is 1. The molecule has 176 valence electrons. The number of anilines is 2. The van der Waals surface area contributed by atoms with E-state index in [1.54, 1.807) is 29.3 Å². The molecule has 7 heteroatoms. The van der Waals surface area contributed by atoms with E-state index in [-0.39, 0.29) is 5.91 Å². The van der Waals surface area contributed by atoms with Crippen LogP contribution in [0.2, 0.25) is 0 Å². The van der Waals surface area contributed by atoms with Crippen molar-refractivity contribution in [2.24, 2.45) is 11.8 Å². The maximum Gasteiger partial charge on any atom is 0.254 e. The van der Waals surface area contributed by atoms with Gasteiger partial charge in [0.2, 0.25) is 0 Å². The van der Waals surface area contributed by atoms with Gasteiger partial charge in [0.25, 0.3) is 5.91 Å². The van der Waals surface area contributed by atoms with Gasteiger partial charge in [-0.2, -0.15) is 0 Å². The van der Waals surface area contributed by atoms with E-state index in [9.17, 15) is 4.79 Å². The molecule has 0 spiro atoms. The lowest BCUT2D eigenvalue weighted by Crippen LogP contribution is -2.34. The van der Waals surface area contributed by atoms with E-state index in [1.165, 1.54) is 0 Å². The maximum absolute atomic E-state index is 13.5. The number of nitrogens with one attached hydrogen (secondary N) is 1. The highest BCUT2D eigenvalue weighted by Crippen LogP contribution is 2.35. The van der Waals surface area contributed by atoms with Crippen LogP contribution in [0.1, 0.15) is 56.5 Å². The van der Waals surface area contributed by atoms with E-state index in [0.29, 0.717) is 11.8 Å². The quantitative estimate of drug-likeness (QED) is 0.311. The topological polar surface area (TPSA) is 58.1 Å². The molecule has 1 amide bonds. The summed E-state index contributed by atoms with van der Waals surface area (Å²) in [5.41, 5.74) is 1.81. The molecule has 3 aromatic rings. The van der Waals surface area contributed by atoms with Gasteiger partial charge < -0.3 is 10.2 Å². The summed E-state index contributed by atoms with van der Waals surface area (Å²) in [5, 5.41) is 4.03. The van der Waals surface area contributed by atoms with Crippen molar-refractivity contribution >= 4 is 40.0 Å². The molecule has 0 aliphatic heterocycles. The molecule has 0 radical (unpaired) electrons. The third-order valence-electron chi connectivity index (χ3n) is 5.28. The molecule has 0 aliphatic rings. The lowest BCUT2D eigenvalue weighted by atomic mass is 10.0. The van der Waals surface area contributed by atoms with Gasteiger partial charge in [0.05, 0.1) is 10.4 Å². The third kappa shape index (κ3) is 7.86. The molecule has 33 heavy (non-hydrogen) atoms. The minimum absolute atomic E-state index is 0.137. The van der Waals surface area contributed by atoms with Crippen molar-refractivity contribution in [1.29, 1.82) is 0 Å². The number of hydrogen-bond donors (Lipinski definition) is 1. The van der Waals surface area contributed by atoms with E-state index in [1.807, 2.05) is 48.4 Å². The molecule has 1 N–H and O–H groups in total. The van der Waals surface area contributed by atoms with Gasteiger partial charge in [-0.05, 0) is 61.4 Å². The fourth-order valence-corrected chi connectivity index (χ4v) is 5.13. The standard InChI is InChI=1S/C26H34N4OS2/c1-18(2)11-14-30(15-12-19(3)4)25(31)22-16-21(10-9-20(22)5)32-24-17-28-26(33-24)29-23-8-6-7-13-27-23/h6-10,13,16-19H,11-12,14-15H2,1-5H3,(H,27,28,29). The number of benzene rings is 1. The summed E-state index contributed by atoms with van der Waals surface area (Å²) >= 11 is 3.21. The van der Waals surface area contributed by atoms with Crippen LogP contribution in [0, 0.1) is 18.8 Å². The summed E-state index contributed by atoms with van der Waals surface area (Å²) < 4.78 is 1.06. The number of pyridine rings is 1. The highest BCUT2D eigenvalue weighted by atomic mass is 32.2. The van der Waals surface area contributed by atoms with Crippen LogP contribution < -0.4 is 5.32 Å². The molecule has 0 aliphatic carbocycles. The number of rotatable bonds is 11. The molecule has 0 bridgehead atoms. The predicted molar refractivity (Wildman–Crippen MR) is 140 cm³/mol. The van der Waals surface area contributed by atoms with Gasteiger partial charge >= 0.3 is 0 Å². The van der Waals surface area contributed by atoms with Crippen molar-refractivity contribution in [3.05, 3.63) is 59.9 Å². The first-order chi connectivity index (χ1) is 15.8. The Hall–Kier alpha value is -2.38. The molecule has 0 saturated heterocycles. The monoisotopic (exact) mass is 482 g/mol. The van der Waals surface area contributed by atoms with E-state index in [2.05, 4.69) is 49.0 Å². The first kappa shape index (κ1) is 25.2. The molecule has 3 rings (SSSR count). The Morgan fingerprint density at radius 1 is 1.06 bits per heavy atom. The van der Waals surface area contributed by atoms with Gasteiger partial charge in [-0.25, -0.2) is 9.97 Å². The van der Waals surface area contributed by atoms with Crippen LogP contribution in [-0.4, -0.2) is 33.9 Å². The Morgan fingerprint density at radius 2 is 1.79 bits per heavy atom. The van der Waals surface area contributed by atoms with Crippen LogP contribution in [0.25, 0.3) is 0 Å². The minimum atomic E-state index is 0.137. The molecule has 0 fully saturated rings. The van der Waals surface area contributed by atoms with E-state index >= 15 is 0 Å². The van der Waals surface area contributed by atoms with Crippen LogP contribution in [0.4, 0.5) is 10.9 Å². The second kappa shape index (κ2) is 12.2. The minimum Gasteiger partial charge on any atom is -0.339 e. The highest BCUT2D eigenvalue weighted by molar-refractivity contribution is 8.01. The molecule has 2 aromatic heterocycles. The number of aryl methyl sites for hydroxylation is 1. The zero-order valence-electron chi connectivity index (χ0n) is 20.2. The average Bonchev–Trinajstić information content (AvgIpc) is 3.21. The number of aromatic nitrogens is 2. The lowest BCUT2D eigenvalue weighted by Gasteiger charge is -2.25. The Bertz CT molecular complexity index is 1020. The number of thiazole rings is 1. The number of carbonyl (C=O) groups is 1. The van der Waals surface area contributed by atoms with Gasteiger partial charge in [0, 0.05) is 29.7 Å². The molecular weight excluding hydrogens is 448 g/mol. The first-order valence-corrected chi connectivity index (χ1v) is 13.2. The van der Waals surface area contributed by atoms with Crippen LogP contribution in [0.3, 0.4) is 0 Å². The first-order valence-electron chi connectivity index (χ1n) is 11.5. The smallest absolute Gasteiger partial charge is 0.254 e. The molecule has 5 nitrogen and oxygen atoms in total. The molecule has 2 heterocycles. The second-order valence-corrected chi connectivity index (χ2v) is 11.5. The van der Waals surface area contributed by atoms with Crippen molar-refractivity contribution in [1.82, 2.24) is 14.9 Å². The maximum atomic E-state index is 13.5. The number of hydrogen-bond acceptors (Lipinski definition) is 6. The zero-order chi connectivity index (χ0) is 23.8. The van der Waals surface area contributed by atoms with Crippen LogP contribution in [-0.2, 0) is 0 Å². The molecule has 0 saturated carbocycles. The molecule has 1 aromatic carbocycles. The van der Waals surface area contributed by atoms with Crippen LogP contribution >= 0.6 is 23.1 Å². The normalized spacial score (nSPS) is 11.2. The zero-order valence-corrected chi connectivity index (χ0v) is 21.8. The van der Waals surface area contributed by atoms with Gasteiger partial charge in [0.1, 0.15) is 5.82 Å². The Kier molecular flexibility index (Phi) is 9.32. The number of carbonyl (C=O) groups excluding carboxylic acids is 1. The Labute approximate surface area is 206 Å². The van der Waals surface area contributed by atoms with Gasteiger partial charge in [-0.3, -0.25) is 4.79 Å². The average molecular weight is 483 g/mol. The SMILES string of the molecule is Cc1ccc(Sc2cnc(Nc3ccccn3)s2)cc1C(=O)N(CCC(C)C)CCC(C)C. The van der Waals surface area contributed by atoms with Crippen molar-refractivity contribution in [2.75, 3.05) is 18.4 Å². The number of nitrogens with zero attached hydrogens (tertiary/aromatic N) is 3. The Morgan fingerprint density at radius 3 is 2.42 bits per heavy atom. The predicted octanol–water partition coefficient (Wildman–Crippen LogP) is 7.28. The molecule has 0 atom stereocenters. The summed E-state index contributed by atoms with van der Waals surface area (Å²) in [6, 6.07) is 11.9. The molecular formula is C26H34N4OS2. The summed E-state index contributed by atoms with van der Waals surface area (Å²) in [5.74, 6) is 2.05. The van der Waals surface area contributed by atoms with Crippen LogP contribution in [0.15, 0.2) is 57.9 Å². The third-order valence-corrected chi connectivity index (χ3v) is 7.29. The van der Waals surface area contributed by atoms with E-state index < -0.39 is 0 Å². The fourth-order valence-electron chi connectivity index (χ4n) is 3.24. The fraction of sp³-hybridized carbons (Fsp3) is 0.423.